The summed E-state index contributed by atoms with van der Waals surface area (Å²) in [6, 6.07) is 8.65. The fourth-order valence-corrected chi connectivity index (χ4v) is 4.53. The Bertz CT molecular complexity index is 1290. The number of rotatable bonds is 5. The largest absolute Gasteiger partial charge is 0.463 e. The number of hydrogen-bond donors (Lipinski definition) is 0. The van der Waals surface area contributed by atoms with Crippen molar-refractivity contribution < 1.29 is 18.3 Å². The number of ether oxygens (including phenoxy) is 1. The maximum absolute atomic E-state index is 13.2. The molecule has 8 nitrogen and oxygen atoms in total. The van der Waals surface area contributed by atoms with E-state index in [1.165, 1.54) is 46.4 Å². The van der Waals surface area contributed by atoms with E-state index in [0.29, 0.717) is 53.7 Å². The van der Waals surface area contributed by atoms with Crippen molar-refractivity contribution >= 4 is 32.6 Å². The number of morpholine rings is 1. The third-order valence-corrected chi connectivity index (χ3v) is 6.15. The van der Waals surface area contributed by atoms with E-state index in [2.05, 4.69) is 9.88 Å². The number of Topliss-reactive ketones (excluding diaryl/α,β-unsaturated/α-hetero) is 1. The molecule has 0 unspecified atom stereocenters. The van der Waals surface area contributed by atoms with Gasteiger partial charge in [-0.15, -0.1) is 0 Å². The van der Waals surface area contributed by atoms with E-state index in [4.69, 9.17) is 14.1 Å². The second-order valence-electron chi connectivity index (χ2n) is 6.99. The lowest BCUT2D eigenvalue weighted by Crippen LogP contribution is -2.36. The number of carbonyl (C=O) groups excluding carboxylic acids is 1. The number of halogens is 1. The Morgan fingerprint density at radius 3 is 2.61 bits per heavy atom. The molecule has 3 aromatic heterocycles. The van der Waals surface area contributed by atoms with E-state index in [1.54, 1.807) is 12.1 Å². The summed E-state index contributed by atoms with van der Waals surface area (Å²) in [5, 5.41) is 0.724. The molecule has 1 aliphatic rings. The van der Waals surface area contributed by atoms with Crippen molar-refractivity contribution in [2.75, 3.05) is 31.2 Å². The molecule has 10 heteroatoms. The number of ketones is 1. The number of carbonyl (C=O) groups is 1. The molecule has 1 aliphatic heterocycles. The minimum atomic E-state index is -0.577. The Hall–Kier alpha value is -3.37. The van der Waals surface area contributed by atoms with Gasteiger partial charge in [-0.2, -0.15) is 4.98 Å². The van der Waals surface area contributed by atoms with Gasteiger partial charge in [-0.3, -0.25) is 9.36 Å². The van der Waals surface area contributed by atoms with Gasteiger partial charge >= 0.3 is 5.69 Å². The van der Waals surface area contributed by atoms with Crippen LogP contribution in [0.15, 0.2) is 51.9 Å². The van der Waals surface area contributed by atoms with Crippen molar-refractivity contribution in [2.45, 2.75) is 6.54 Å². The summed E-state index contributed by atoms with van der Waals surface area (Å²) in [4.78, 5) is 37.2. The maximum atomic E-state index is 13.2. The molecule has 4 aromatic rings. The molecule has 0 atom stereocenters. The standard InChI is InChI=1S/C21H17FN4O4S/c22-14-5-3-13(4-6-14)15(27)12-26-19-18(17(23-20(26)28)16-2-1-9-30-16)24-21(31-19)25-7-10-29-11-8-25/h1-6,9H,7-8,10-12H2. The van der Waals surface area contributed by atoms with Crippen molar-refractivity contribution in [1.82, 2.24) is 14.5 Å². The van der Waals surface area contributed by atoms with Crippen LogP contribution in [0.5, 0.6) is 0 Å². The fraction of sp³-hybridized carbons (Fsp3) is 0.238. The Balaban J connectivity index is 1.62. The van der Waals surface area contributed by atoms with Gasteiger partial charge in [-0.1, -0.05) is 11.3 Å². The van der Waals surface area contributed by atoms with Crippen LogP contribution in [0.4, 0.5) is 9.52 Å². The first-order valence-corrected chi connectivity index (χ1v) is 10.5. The van der Waals surface area contributed by atoms with Crippen LogP contribution in [0.1, 0.15) is 10.4 Å². The molecule has 0 bridgehead atoms. The van der Waals surface area contributed by atoms with Crippen LogP contribution in [0.25, 0.3) is 21.8 Å². The van der Waals surface area contributed by atoms with Crippen molar-refractivity contribution in [3.05, 3.63) is 64.5 Å². The minimum Gasteiger partial charge on any atom is -0.463 e. The van der Waals surface area contributed by atoms with Crippen LogP contribution < -0.4 is 10.6 Å². The first kappa shape index (κ1) is 19.6. The van der Waals surface area contributed by atoms with Crippen LogP contribution >= 0.6 is 11.3 Å². The summed E-state index contributed by atoms with van der Waals surface area (Å²) in [5.41, 5.74) is 0.570. The van der Waals surface area contributed by atoms with E-state index in [1.807, 2.05) is 0 Å². The third kappa shape index (κ3) is 3.75. The van der Waals surface area contributed by atoms with Gasteiger partial charge in [0.05, 0.1) is 26.0 Å². The summed E-state index contributed by atoms with van der Waals surface area (Å²) >= 11 is 1.32. The zero-order valence-corrected chi connectivity index (χ0v) is 17.1. The average Bonchev–Trinajstić information content (AvgIpc) is 3.47. The SMILES string of the molecule is O=C(Cn1c(=O)nc(-c2ccco2)c2nc(N3CCOCC3)sc21)c1ccc(F)cc1. The molecule has 0 spiro atoms. The number of hydrogen-bond acceptors (Lipinski definition) is 8. The molecule has 158 valence electrons. The van der Waals surface area contributed by atoms with Crippen LogP contribution in [-0.2, 0) is 11.3 Å². The van der Waals surface area contributed by atoms with E-state index >= 15 is 0 Å². The molecular weight excluding hydrogens is 423 g/mol. The molecule has 1 aromatic carbocycles. The fourth-order valence-electron chi connectivity index (χ4n) is 3.42. The van der Waals surface area contributed by atoms with Crippen LogP contribution in [-0.4, -0.2) is 46.6 Å². The number of benzene rings is 1. The van der Waals surface area contributed by atoms with Crippen LogP contribution in [0.3, 0.4) is 0 Å². The number of thiazole rings is 1. The molecule has 0 radical (unpaired) electrons. The molecule has 5 rings (SSSR count). The highest BCUT2D eigenvalue weighted by atomic mass is 32.1. The van der Waals surface area contributed by atoms with Crippen molar-refractivity contribution in [1.29, 1.82) is 0 Å². The van der Waals surface area contributed by atoms with Crippen molar-refractivity contribution in [3.63, 3.8) is 0 Å². The molecule has 4 heterocycles. The summed E-state index contributed by atoms with van der Waals surface area (Å²) < 4.78 is 25.4. The maximum Gasteiger partial charge on any atom is 0.349 e. The molecule has 0 aliphatic carbocycles. The predicted octanol–water partition coefficient (Wildman–Crippen LogP) is 2.97. The molecule has 0 amide bonds. The summed E-state index contributed by atoms with van der Waals surface area (Å²) in [6.45, 7) is 2.32. The molecule has 1 saturated heterocycles. The molecule has 0 saturated carbocycles. The summed E-state index contributed by atoms with van der Waals surface area (Å²) in [5.74, 6) is -0.326. The van der Waals surface area contributed by atoms with Gasteiger partial charge in [0.2, 0.25) is 0 Å². The monoisotopic (exact) mass is 440 g/mol. The van der Waals surface area contributed by atoms with E-state index in [9.17, 15) is 14.0 Å². The molecule has 0 N–H and O–H groups in total. The lowest BCUT2D eigenvalue weighted by Gasteiger charge is -2.25. The second kappa shape index (κ2) is 8.05. The minimum absolute atomic E-state index is 0.225. The first-order chi connectivity index (χ1) is 15.1. The Labute approximate surface area is 179 Å². The van der Waals surface area contributed by atoms with Crippen molar-refractivity contribution in [2.24, 2.45) is 0 Å². The van der Waals surface area contributed by atoms with Gasteiger partial charge in [0.25, 0.3) is 0 Å². The van der Waals surface area contributed by atoms with Crippen LogP contribution in [0, 0.1) is 5.82 Å². The van der Waals surface area contributed by atoms with Gasteiger partial charge in [0.15, 0.2) is 16.7 Å². The number of nitrogens with zero attached hydrogens (tertiary/aromatic N) is 4. The molecular formula is C21H17FN4O4S. The van der Waals surface area contributed by atoms with Crippen molar-refractivity contribution in [3.8, 4) is 11.5 Å². The van der Waals surface area contributed by atoms with Gasteiger partial charge in [0.1, 0.15) is 21.9 Å². The van der Waals surface area contributed by atoms with Crippen LogP contribution in [0.2, 0.25) is 0 Å². The highest BCUT2D eigenvalue weighted by molar-refractivity contribution is 7.22. The predicted molar refractivity (Wildman–Crippen MR) is 113 cm³/mol. The highest BCUT2D eigenvalue weighted by Crippen LogP contribution is 2.33. The number of furan rings is 1. The highest BCUT2D eigenvalue weighted by Gasteiger charge is 2.23. The zero-order chi connectivity index (χ0) is 21.4. The van der Waals surface area contributed by atoms with Gasteiger partial charge in [-0.25, -0.2) is 14.2 Å². The number of aromatic nitrogens is 3. The third-order valence-electron chi connectivity index (χ3n) is 5.01. The zero-order valence-electron chi connectivity index (χ0n) is 16.3. The van der Waals surface area contributed by atoms with Gasteiger partial charge in [-0.05, 0) is 36.4 Å². The smallest absolute Gasteiger partial charge is 0.349 e. The summed E-state index contributed by atoms with van der Waals surface area (Å²) in [6.07, 6.45) is 1.50. The van der Waals surface area contributed by atoms with E-state index in [-0.39, 0.29) is 12.3 Å². The van der Waals surface area contributed by atoms with E-state index in [0.717, 1.165) is 5.13 Å². The Morgan fingerprint density at radius 2 is 1.90 bits per heavy atom. The quantitative estimate of drug-likeness (QED) is 0.441. The lowest BCUT2D eigenvalue weighted by atomic mass is 10.1. The second-order valence-corrected chi connectivity index (χ2v) is 7.94. The Kier molecular flexibility index (Phi) is 5.08. The number of fused-ring (bicyclic) bond motifs is 1. The normalized spacial score (nSPS) is 14.3. The first-order valence-electron chi connectivity index (χ1n) is 9.67. The lowest BCUT2D eigenvalue weighted by molar-refractivity contribution is 0.0972. The molecule has 1 fully saturated rings. The summed E-state index contributed by atoms with van der Waals surface area (Å²) in [7, 11) is 0. The van der Waals surface area contributed by atoms with E-state index < -0.39 is 11.5 Å². The molecule has 31 heavy (non-hydrogen) atoms. The van der Waals surface area contributed by atoms with Gasteiger partial charge < -0.3 is 14.1 Å². The Morgan fingerprint density at radius 1 is 1.13 bits per heavy atom. The topological polar surface area (TPSA) is 90.5 Å². The number of anilines is 1. The average molecular weight is 440 g/mol. The van der Waals surface area contributed by atoms with Gasteiger partial charge in [0, 0.05) is 18.7 Å².